The molecule has 2 aromatic carbocycles. The van der Waals surface area contributed by atoms with Gasteiger partial charge in [0, 0.05) is 86.4 Å². The molecule has 4 fully saturated rings. The van der Waals surface area contributed by atoms with E-state index in [1.807, 2.05) is 36.4 Å². The molecule has 2 saturated heterocycles. The van der Waals surface area contributed by atoms with Crippen molar-refractivity contribution in [1.29, 1.82) is 0 Å². The second kappa shape index (κ2) is 33.6. The monoisotopic (exact) mass is 1070 g/mol. The molecule has 0 bridgehead atoms. The van der Waals surface area contributed by atoms with Crippen LogP contribution < -0.4 is 21.1 Å². The molecule has 396 valence electrons. The molecule has 14 nitrogen and oxygen atoms in total. The van der Waals surface area contributed by atoms with Crippen molar-refractivity contribution in [3.63, 3.8) is 0 Å². The number of halogens is 3. The first-order chi connectivity index (χ1) is 32.1. The van der Waals surface area contributed by atoms with Gasteiger partial charge in [0.15, 0.2) is 0 Å². The van der Waals surface area contributed by atoms with Crippen molar-refractivity contribution < 1.29 is 35.9 Å². The highest BCUT2D eigenvalue weighted by Crippen LogP contribution is 2.29. The summed E-state index contributed by atoms with van der Waals surface area (Å²) in [6.07, 6.45) is 14.4. The minimum atomic E-state index is -3.23. The van der Waals surface area contributed by atoms with Gasteiger partial charge in [-0.15, -0.1) is 24.8 Å². The zero-order valence-electron chi connectivity index (χ0n) is 41.7. The van der Waals surface area contributed by atoms with Crippen LogP contribution in [0.15, 0.2) is 48.5 Å². The summed E-state index contributed by atoms with van der Waals surface area (Å²) in [7, 11) is -1.73. The number of hydrogen-bond acceptors (Lipinski definition) is 11. The average Bonchev–Trinajstić information content (AvgIpc) is 3.34. The van der Waals surface area contributed by atoms with Crippen LogP contribution in [0, 0.1) is 23.7 Å². The zero-order valence-corrected chi connectivity index (χ0v) is 45.7. The number of ether oxygens (including phenoxy) is 2. The number of piperidine rings is 2. The van der Waals surface area contributed by atoms with E-state index in [1.54, 1.807) is 19.1 Å². The van der Waals surface area contributed by atoms with Crippen molar-refractivity contribution >= 4 is 66.4 Å². The predicted molar refractivity (Wildman–Crippen MR) is 285 cm³/mol. The highest BCUT2D eigenvalue weighted by molar-refractivity contribution is 8.13. The first-order valence-electron chi connectivity index (χ1n) is 25.1. The molecule has 69 heavy (non-hydrogen) atoms. The normalized spacial score (nSPS) is 23.3. The number of nitrogens with one attached hydrogen (secondary N) is 3. The van der Waals surface area contributed by atoms with E-state index in [0.717, 1.165) is 102 Å². The highest BCUT2D eigenvalue weighted by atomic mass is 35.7. The summed E-state index contributed by atoms with van der Waals surface area (Å²) >= 11 is 0. The molecule has 5 N–H and O–H groups in total. The lowest BCUT2D eigenvalue weighted by molar-refractivity contribution is 0.0546. The fourth-order valence-corrected chi connectivity index (χ4v) is 10.3. The highest BCUT2D eigenvalue weighted by Gasteiger charge is 2.32. The van der Waals surface area contributed by atoms with Crippen LogP contribution in [0.4, 0.5) is 0 Å². The molecule has 2 aliphatic carbocycles. The van der Waals surface area contributed by atoms with Gasteiger partial charge in [0.2, 0.25) is 19.1 Å². The molecular formula is C50H85Cl3N6O8S2. The second-order valence-electron chi connectivity index (χ2n) is 18.8. The molecule has 2 aromatic rings. The van der Waals surface area contributed by atoms with Crippen molar-refractivity contribution in [3.05, 3.63) is 70.8 Å². The first-order valence-corrected chi connectivity index (χ1v) is 29.3. The van der Waals surface area contributed by atoms with E-state index < -0.39 is 19.1 Å². The van der Waals surface area contributed by atoms with Crippen LogP contribution in [0.2, 0.25) is 0 Å². The van der Waals surface area contributed by atoms with Crippen LogP contribution in [-0.4, -0.2) is 128 Å². The lowest BCUT2D eigenvalue weighted by atomic mass is 9.83. The molecule has 0 spiro atoms. The van der Waals surface area contributed by atoms with Gasteiger partial charge in [-0.25, -0.2) is 21.6 Å². The van der Waals surface area contributed by atoms with Crippen LogP contribution in [0.1, 0.15) is 137 Å². The molecule has 4 aliphatic rings. The Hall–Kier alpha value is -2.09. The fraction of sp³-hybridized carbons (Fsp3) is 0.720. The van der Waals surface area contributed by atoms with Gasteiger partial charge in [-0.2, -0.15) is 0 Å². The molecule has 6 atom stereocenters. The van der Waals surface area contributed by atoms with Gasteiger partial charge in [-0.1, -0.05) is 56.9 Å². The van der Waals surface area contributed by atoms with Crippen molar-refractivity contribution in [2.24, 2.45) is 29.4 Å². The quantitative estimate of drug-likeness (QED) is 0.0949. The first kappa shape index (κ1) is 63.0. The number of likely N-dealkylation sites (tertiary alicyclic amines) is 2. The van der Waals surface area contributed by atoms with Crippen LogP contribution >= 0.6 is 35.5 Å². The van der Waals surface area contributed by atoms with Crippen LogP contribution in [0.25, 0.3) is 0 Å². The summed E-state index contributed by atoms with van der Waals surface area (Å²) in [4.78, 5) is 30.9. The number of amides is 2. The number of hydrogen-bond donors (Lipinski definition) is 4. The summed E-state index contributed by atoms with van der Waals surface area (Å²) in [6, 6.07) is 15.3. The van der Waals surface area contributed by atoms with Gasteiger partial charge in [0.1, 0.15) is 0 Å². The minimum absolute atomic E-state index is 0. The summed E-state index contributed by atoms with van der Waals surface area (Å²) < 4.78 is 56.7. The van der Waals surface area contributed by atoms with E-state index in [4.69, 9.17) is 15.2 Å². The van der Waals surface area contributed by atoms with Gasteiger partial charge in [0.05, 0.1) is 24.7 Å². The molecule has 6 rings (SSSR count). The standard InChI is InChI=1S/C25H41N3O4S.C23H37N3O2.C2H5ClO2S.2ClH/c1-3-32-19-21-8-7-15-28(17-21)18-23-9-5-6-10-24(23)27-25(29)22-13-11-20(12-14-22)16-26-33(30,31)4-2;1-2-28-17-19-6-5-13-26(15-19)16-21-7-3-4-8-22(21)25-23(27)20-11-9-18(14-24)10-12-20;1-2-6(3,4)5;;/h11-14,21,23-24,26H,3-10,15-19H2,1-2H3,(H,27,29);9-12,19,21-22H,2-8,13-17,24H2,1H3,(H,25,27);2H2,1H3;2*1H/t21-,23-,24+;19-,21-,22+;;;/m11.../s1. The van der Waals surface area contributed by atoms with Crippen molar-refractivity contribution in [3.8, 4) is 0 Å². The fourth-order valence-electron chi connectivity index (χ4n) is 9.74. The topological polar surface area (TPSA) is 189 Å². The molecule has 0 unspecified atom stereocenters. The van der Waals surface area contributed by atoms with Crippen molar-refractivity contribution in [2.75, 3.05) is 77.2 Å². The SMILES string of the molecule is CCOC[C@@H]1CCCN(C[C@H]2CCCC[C@@H]2NC(=O)c2ccc(CN)cc2)C1.CCOC[C@@H]1CCCN(C[C@H]2CCCC[C@@H]2NC(=O)c2ccc(CNS(=O)(=O)CC)cc2)C1.CCS(=O)(=O)Cl.Cl.Cl. The summed E-state index contributed by atoms with van der Waals surface area (Å²) in [5.74, 6) is 2.38. The van der Waals surface area contributed by atoms with Crippen LogP contribution in [0.5, 0.6) is 0 Å². The third kappa shape index (κ3) is 24.0. The Morgan fingerprint density at radius 2 is 1.03 bits per heavy atom. The Morgan fingerprint density at radius 1 is 0.623 bits per heavy atom. The number of carbonyl (C=O) groups is 2. The predicted octanol–water partition coefficient (Wildman–Crippen LogP) is 7.76. The second-order valence-corrected chi connectivity index (χ2v) is 23.9. The minimum Gasteiger partial charge on any atom is -0.381 e. The van der Waals surface area contributed by atoms with Crippen molar-refractivity contribution in [1.82, 2.24) is 25.2 Å². The molecule has 0 aromatic heterocycles. The van der Waals surface area contributed by atoms with E-state index in [1.165, 1.54) is 64.8 Å². The number of rotatable bonds is 20. The Bertz CT molecular complexity index is 1970. The third-order valence-electron chi connectivity index (χ3n) is 13.6. The van der Waals surface area contributed by atoms with Crippen molar-refractivity contribution in [2.45, 2.75) is 130 Å². The zero-order chi connectivity index (χ0) is 48.7. The van der Waals surface area contributed by atoms with Crippen LogP contribution in [0.3, 0.4) is 0 Å². The molecule has 2 heterocycles. The van der Waals surface area contributed by atoms with Gasteiger partial charge in [-0.05, 0) is 144 Å². The maximum absolute atomic E-state index is 12.9. The van der Waals surface area contributed by atoms with E-state index in [-0.39, 0.29) is 66.8 Å². The van der Waals surface area contributed by atoms with E-state index >= 15 is 0 Å². The summed E-state index contributed by atoms with van der Waals surface area (Å²) in [5.41, 5.74) is 8.90. The maximum atomic E-state index is 12.9. The number of nitrogens with zero attached hydrogens (tertiary/aromatic N) is 2. The largest absolute Gasteiger partial charge is 0.381 e. The summed E-state index contributed by atoms with van der Waals surface area (Å²) in [5, 5.41) is 6.64. The van der Waals surface area contributed by atoms with E-state index in [2.05, 4.69) is 49.7 Å². The Balaban J connectivity index is 0.000000416. The number of benzene rings is 2. The third-order valence-corrected chi connectivity index (χ3v) is 16.3. The molecule has 2 saturated carbocycles. The number of carbonyl (C=O) groups excluding carboxylic acids is 2. The Kier molecular flexibility index (Phi) is 30.7. The summed E-state index contributed by atoms with van der Waals surface area (Å²) in [6.45, 7) is 18.0. The van der Waals surface area contributed by atoms with Crippen LogP contribution in [-0.2, 0) is 41.6 Å². The van der Waals surface area contributed by atoms with Gasteiger partial charge < -0.3 is 35.6 Å². The molecule has 2 aliphatic heterocycles. The average molecular weight is 1070 g/mol. The molecule has 0 radical (unpaired) electrons. The molecule has 19 heteroatoms. The van der Waals surface area contributed by atoms with E-state index in [0.29, 0.717) is 35.8 Å². The Labute approximate surface area is 432 Å². The number of nitrogens with two attached hydrogens (primary N) is 1. The molecule has 2 amide bonds. The smallest absolute Gasteiger partial charge is 0.251 e. The Morgan fingerprint density at radius 3 is 1.41 bits per heavy atom. The maximum Gasteiger partial charge on any atom is 0.251 e. The number of sulfonamides is 1. The molecular weight excluding hydrogens is 983 g/mol. The lowest BCUT2D eigenvalue weighted by Gasteiger charge is -2.39. The lowest BCUT2D eigenvalue weighted by Crippen LogP contribution is -2.48. The van der Waals surface area contributed by atoms with Gasteiger partial charge in [-0.3, -0.25) is 9.59 Å². The van der Waals surface area contributed by atoms with Gasteiger partial charge >= 0.3 is 0 Å². The van der Waals surface area contributed by atoms with E-state index in [9.17, 15) is 26.4 Å². The van der Waals surface area contributed by atoms with Gasteiger partial charge in [0.25, 0.3) is 11.8 Å².